The first-order valence-electron chi connectivity index (χ1n) is 6.04. The second-order valence-corrected chi connectivity index (χ2v) is 5.29. The van der Waals surface area contributed by atoms with E-state index in [1.165, 1.54) is 0 Å². The van der Waals surface area contributed by atoms with Crippen LogP contribution in [0, 0.1) is 0 Å². The molecule has 2 rings (SSSR count). The molecule has 18 heavy (non-hydrogen) atoms. The Kier molecular flexibility index (Phi) is 4.79. The Bertz CT molecular complexity index is 408. The Morgan fingerprint density at radius 2 is 2.00 bits per heavy atom. The zero-order valence-electron chi connectivity index (χ0n) is 10.1. The van der Waals surface area contributed by atoms with Crippen molar-refractivity contribution in [2.24, 2.45) is 0 Å². The summed E-state index contributed by atoms with van der Waals surface area (Å²) in [5.41, 5.74) is 0. The molecule has 0 bridgehead atoms. The van der Waals surface area contributed by atoms with E-state index in [1.54, 1.807) is 0 Å². The molecule has 1 aromatic heterocycles. The van der Waals surface area contributed by atoms with Gasteiger partial charge >= 0.3 is 5.97 Å². The van der Waals surface area contributed by atoms with Crippen molar-refractivity contribution in [2.45, 2.75) is 13.0 Å². The number of rotatable bonds is 4. The number of furan rings is 1. The summed E-state index contributed by atoms with van der Waals surface area (Å²) >= 11 is 3.29. The van der Waals surface area contributed by atoms with Crippen LogP contribution < -0.4 is 0 Å². The van der Waals surface area contributed by atoms with Gasteiger partial charge in [0.05, 0.1) is 13.1 Å². The maximum atomic E-state index is 10.7. The molecule has 1 N–H and O–H groups in total. The average molecular weight is 317 g/mol. The second-order valence-electron chi connectivity index (χ2n) is 4.51. The number of halogens is 1. The third kappa shape index (κ3) is 4.12. The first-order chi connectivity index (χ1) is 8.63. The minimum atomic E-state index is -0.751. The summed E-state index contributed by atoms with van der Waals surface area (Å²) in [7, 11) is 0. The van der Waals surface area contributed by atoms with Crippen LogP contribution in [-0.2, 0) is 11.3 Å². The quantitative estimate of drug-likeness (QED) is 0.915. The first-order valence-corrected chi connectivity index (χ1v) is 6.83. The van der Waals surface area contributed by atoms with Gasteiger partial charge in [-0.05, 0) is 41.0 Å². The largest absolute Gasteiger partial charge is 0.480 e. The lowest BCUT2D eigenvalue weighted by Crippen LogP contribution is -2.33. The molecule has 0 saturated carbocycles. The van der Waals surface area contributed by atoms with Crippen LogP contribution in [-0.4, -0.2) is 53.6 Å². The fourth-order valence-corrected chi connectivity index (χ4v) is 2.53. The van der Waals surface area contributed by atoms with Gasteiger partial charge in [0.25, 0.3) is 0 Å². The van der Waals surface area contributed by atoms with Crippen molar-refractivity contribution < 1.29 is 14.3 Å². The van der Waals surface area contributed by atoms with E-state index in [4.69, 9.17) is 9.52 Å². The summed E-state index contributed by atoms with van der Waals surface area (Å²) in [4.78, 5) is 15.0. The lowest BCUT2D eigenvalue weighted by atomic mass is 10.3. The zero-order valence-corrected chi connectivity index (χ0v) is 11.7. The van der Waals surface area contributed by atoms with Gasteiger partial charge in [-0.15, -0.1) is 0 Å². The SMILES string of the molecule is O=C(O)CN1CCCN(Cc2ccc(Br)o2)CC1. The van der Waals surface area contributed by atoms with E-state index in [-0.39, 0.29) is 6.54 Å². The molecule has 2 heterocycles. The van der Waals surface area contributed by atoms with E-state index in [1.807, 2.05) is 17.0 Å². The highest BCUT2D eigenvalue weighted by Crippen LogP contribution is 2.16. The summed E-state index contributed by atoms with van der Waals surface area (Å²) in [6.07, 6.45) is 0.995. The molecule has 0 aliphatic carbocycles. The van der Waals surface area contributed by atoms with Gasteiger partial charge < -0.3 is 9.52 Å². The van der Waals surface area contributed by atoms with Crippen molar-refractivity contribution in [1.29, 1.82) is 0 Å². The number of carbonyl (C=O) groups is 1. The minimum Gasteiger partial charge on any atom is -0.480 e. The molecule has 0 unspecified atom stereocenters. The van der Waals surface area contributed by atoms with Gasteiger partial charge in [0, 0.05) is 19.6 Å². The molecule has 0 spiro atoms. The predicted molar refractivity (Wildman–Crippen MR) is 70.4 cm³/mol. The number of carboxylic acid groups (broad SMARTS) is 1. The Morgan fingerprint density at radius 3 is 2.67 bits per heavy atom. The number of hydrogen-bond donors (Lipinski definition) is 1. The molecule has 0 aromatic carbocycles. The Labute approximate surface area is 114 Å². The average Bonchev–Trinajstić information content (AvgIpc) is 2.57. The van der Waals surface area contributed by atoms with E-state index < -0.39 is 5.97 Å². The standard InChI is InChI=1S/C12H17BrN2O3/c13-11-3-2-10(18-11)8-14-4-1-5-15(7-6-14)9-12(16)17/h2-3H,1,4-9H2,(H,16,17). The lowest BCUT2D eigenvalue weighted by Gasteiger charge is -2.19. The molecule has 0 atom stereocenters. The maximum absolute atomic E-state index is 10.7. The normalized spacial score (nSPS) is 18.7. The predicted octanol–water partition coefficient (Wildman–Crippen LogP) is 1.63. The highest BCUT2D eigenvalue weighted by molar-refractivity contribution is 9.10. The molecule has 0 radical (unpaired) electrons. The molecule has 100 valence electrons. The van der Waals surface area contributed by atoms with Gasteiger partial charge in [-0.2, -0.15) is 0 Å². The minimum absolute atomic E-state index is 0.139. The Balaban J connectivity index is 1.83. The highest BCUT2D eigenvalue weighted by Gasteiger charge is 2.17. The summed E-state index contributed by atoms with van der Waals surface area (Å²) in [6.45, 7) is 4.44. The van der Waals surface area contributed by atoms with Crippen LogP contribution in [0.5, 0.6) is 0 Å². The molecule has 1 saturated heterocycles. The number of aliphatic carboxylic acids is 1. The van der Waals surface area contributed by atoms with E-state index in [0.717, 1.165) is 49.6 Å². The van der Waals surface area contributed by atoms with Gasteiger partial charge in [0.1, 0.15) is 5.76 Å². The van der Waals surface area contributed by atoms with Crippen molar-refractivity contribution in [3.63, 3.8) is 0 Å². The number of carboxylic acids is 1. The van der Waals surface area contributed by atoms with E-state index >= 15 is 0 Å². The van der Waals surface area contributed by atoms with Gasteiger partial charge in [-0.3, -0.25) is 14.6 Å². The van der Waals surface area contributed by atoms with Crippen LogP contribution >= 0.6 is 15.9 Å². The van der Waals surface area contributed by atoms with Crippen LogP contribution in [0.4, 0.5) is 0 Å². The molecule has 1 fully saturated rings. The Hall–Kier alpha value is -0.850. The zero-order chi connectivity index (χ0) is 13.0. The van der Waals surface area contributed by atoms with Crippen molar-refractivity contribution in [3.8, 4) is 0 Å². The summed E-state index contributed by atoms with van der Waals surface area (Å²) < 4.78 is 6.24. The van der Waals surface area contributed by atoms with Crippen LogP contribution in [0.25, 0.3) is 0 Å². The molecule has 1 aromatic rings. The summed E-state index contributed by atoms with van der Waals surface area (Å²) in [5, 5.41) is 8.79. The van der Waals surface area contributed by atoms with Crippen molar-refractivity contribution in [3.05, 3.63) is 22.6 Å². The van der Waals surface area contributed by atoms with Gasteiger partial charge in [-0.25, -0.2) is 0 Å². The highest BCUT2D eigenvalue weighted by atomic mass is 79.9. The molecule has 0 amide bonds. The number of nitrogens with zero attached hydrogens (tertiary/aromatic N) is 2. The maximum Gasteiger partial charge on any atom is 0.317 e. The second kappa shape index (κ2) is 6.36. The van der Waals surface area contributed by atoms with E-state index in [2.05, 4.69) is 20.8 Å². The molecule has 6 heteroatoms. The fourth-order valence-electron chi connectivity index (χ4n) is 2.19. The molecule has 1 aliphatic rings. The fraction of sp³-hybridized carbons (Fsp3) is 0.583. The number of hydrogen-bond acceptors (Lipinski definition) is 4. The van der Waals surface area contributed by atoms with Crippen LogP contribution in [0.3, 0.4) is 0 Å². The first kappa shape index (κ1) is 13.6. The Morgan fingerprint density at radius 1 is 1.28 bits per heavy atom. The summed E-state index contributed by atoms with van der Waals surface area (Å²) in [5.74, 6) is 0.187. The van der Waals surface area contributed by atoms with Gasteiger partial charge in [-0.1, -0.05) is 0 Å². The van der Waals surface area contributed by atoms with Crippen molar-refractivity contribution >= 4 is 21.9 Å². The van der Waals surface area contributed by atoms with Crippen LogP contribution in [0.2, 0.25) is 0 Å². The van der Waals surface area contributed by atoms with Crippen molar-refractivity contribution in [1.82, 2.24) is 9.80 Å². The lowest BCUT2D eigenvalue weighted by molar-refractivity contribution is -0.138. The molecular formula is C12H17BrN2O3. The van der Waals surface area contributed by atoms with E-state index in [0.29, 0.717) is 0 Å². The third-order valence-corrected chi connectivity index (χ3v) is 3.47. The monoisotopic (exact) mass is 316 g/mol. The molecule has 5 nitrogen and oxygen atoms in total. The van der Waals surface area contributed by atoms with Gasteiger partial charge in [0.2, 0.25) is 0 Å². The van der Waals surface area contributed by atoms with Gasteiger partial charge in [0.15, 0.2) is 4.67 Å². The smallest absolute Gasteiger partial charge is 0.317 e. The molecular weight excluding hydrogens is 300 g/mol. The van der Waals surface area contributed by atoms with Crippen molar-refractivity contribution in [2.75, 3.05) is 32.7 Å². The summed E-state index contributed by atoms with van der Waals surface area (Å²) in [6, 6.07) is 3.86. The van der Waals surface area contributed by atoms with Crippen LogP contribution in [0.1, 0.15) is 12.2 Å². The topological polar surface area (TPSA) is 56.9 Å². The third-order valence-electron chi connectivity index (χ3n) is 3.05. The van der Waals surface area contributed by atoms with Crippen LogP contribution in [0.15, 0.2) is 21.2 Å². The molecule has 1 aliphatic heterocycles. The van der Waals surface area contributed by atoms with E-state index in [9.17, 15) is 4.79 Å².